The van der Waals surface area contributed by atoms with Crippen molar-refractivity contribution in [2.45, 2.75) is 58.6 Å². The zero-order chi connectivity index (χ0) is 20.6. The van der Waals surface area contributed by atoms with Crippen LogP contribution in [-0.2, 0) is 30.4 Å². The predicted molar refractivity (Wildman–Crippen MR) is 102 cm³/mol. The van der Waals surface area contributed by atoms with Crippen molar-refractivity contribution in [3.8, 4) is 0 Å². The van der Waals surface area contributed by atoms with Crippen LogP contribution < -0.4 is 0 Å². The Bertz CT molecular complexity index is 661. The van der Waals surface area contributed by atoms with Crippen molar-refractivity contribution in [1.29, 1.82) is 0 Å². The Morgan fingerprint density at radius 2 is 1.64 bits per heavy atom. The molecule has 0 saturated heterocycles. The molecule has 0 aliphatic heterocycles. The van der Waals surface area contributed by atoms with E-state index in [1.165, 1.54) is 4.90 Å². The second-order valence-corrected chi connectivity index (χ2v) is 7.88. The van der Waals surface area contributed by atoms with Gasteiger partial charge >= 0.3 is 18.0 Å². The SMILES string of the molecule is CC(C)(C)N(CC(=O)OCc1ccccc1)C(=O)OCOC(=O)C1CCCC1. The minimum atomic E-state index is -0.733. The Labute approximate surface area is 165 Å². The van der Waals surface area contributed by atoms with Crippen molar-refractivity contribution in [1.82, 2.24) is 4.90 Å². The van der Waals surface area contributed by atoms with Gasteiger partial charge in [-0.2, -0.15) is 0 Å². The Kier molecular flexibility index (Phi) is 7.84. The smallest absolute Gasteiger partial charge is 0.413 e. The molecule has 1 aliphatic carbocycles. The average molecular weight is 391 g/mol. The van der Waals surface area contributed by atoms with E-state index in [0.717, 1.165) is 31.2 Å². The van der Waals surface area contributed by atoms with Gasteiger partial charge in [0, 0.05) is 5.54 Å². The third-order valence-corrected chi connectivity index (χ3v) is 4.63. The number of amides is 1. The van der Waals surface area contributed by atoms with Gasteiger partial charge in [-0.1, -0.05) is 43.2 Å². The number of esters is 2. The maximum atomic E-state index is 12.4. The van der Waals surface area contributed by atoms with Crippen LogP contribution in [0.4, 0.5) is 4.79 Å². The molecule has 2 rings (SSSR count). The average Bonchev–Trinajstić information content (AvgIpc) is 3.19. The van der Waals surface area contributed by atoms with E-state index in [1.54, 1.807) is 20.8 Å². The van der Waals surface area contributed by atoms with Crippen LogP contribution in [0.3, 0.4) is 0 Å². The normalized spacial score (nSPS) is 14.4. The highest BCUT2D eigenvalue weighted by atomic mass is 16.7. The van der Waals surface area contributed by atoms with Gasteiger partial charge in [-0.05, 0) is 39.2 Å². The van der Waals surface area contributed by atoms with Gasteiger partial charge in [0.1, 0.15) is 13.2 Å². The summed E-state index contributed by atoms with van der Waals surface area (Å²) >= 11 is 0. The lowest BCUT2D eigenvalue weighted by molar-refractivity contribution is -0.158. The number of hydrogen-bond donors (Lipinski definition) is 0. The predicted octanol–water partition coefficient (Wildman–Crippen LogP) is 3.66. The number of nitrogens with zero attached hydrogens (tertiary/aromatic N) is 1. The van der Waals surface area contributed by atoms with Gasteiger partial charge in [-0.15, -0.1) is 0 Å². The highest BCUT2D eigenvalue weighted by Crippen LogP contribution is 2.25. The first-order valence-corrected chi connectivity index (χ1v) is 9.58. The molecule has 0 bridgehead atoms. The molecule has 7 nitrogen and oxygen atoms in total. The van der Waals surface area contributed by atoms with Crippen molar-refractivity contribution in [3.63, 3.8) is 0 Å². The van der Waals surface area contributed by atoms with Crippen LogP contribution in [0.1, 0.15) is 52.0 Å². The number of benzene rings is 1. The summed E-state index contributed by atoms with van der Waals surface area (Å²) in [5.41, 5.74) is 0.192. The molecule has 0 atom stereocenters. The quantitative estimate of drug-likeness (QED) is 0.521. The number of hydrogen-bond acceptors (Lipinski definition) is 6. The molecule has 1 saturated carbocycles. The fourth-order valence-corrected chi connectivity index (χ4v) is 2.98. The molecule has 1 amide bonds. The van der Waals surface area contributed by atoms with E-state index in [1.807, 2.05) is 30.3 Å². The molecule has 0 aromatic heterocycles. The van der Waals surface area contributed by atoms with Crippen molar-refractivity contribution in [2.75, 3.05) is 13.3 Å². The van der Waals surface area contributed by atoms with E-state index in [4.69, 9.17) is 14.2 Å². The van der Waals surface area contributed by atoms with Crippen LogP contribution in [0.25, 0.3) is 0 Å². The summed E-state index contributed by atoms with van der Waals surface area (Å²) in [7, 11) is 0. The van der Waals surface area contributed by atoms with E-state index in [9.17, 15) is 14.4 Å². The largest absolute Gasteiger partial charge is 0.459 e. The van der Waals surface area contributed by atoms with Gasteiger partial charge in [0.15, 0.2) is 0 Å². The molecular formula is C21H29NO6. The lowest BCUT2D eigenvalue weighted by atomic mass is 10.1. The van der Waals surface area contributed by atoms with Gasteiger partial charge in [0.05, 0.1) is 5.92 Å². The molecule has 0 radical (unpaired) electrons. The van der Waals surface area contributed by atoms with Crippen LogP contribution in [0, 0.1) is 5.92 Å². The highest BCUT2D eigenvalue weighted by Gasteiger charge is 2.31. The second kappa shape index (κ2) is 10.1. The van der Waals surface area contributed by atoms with Crippen LogP contribution in [0.5, 0.6) is 0 Å². The van der Waals surface area contributed by atoms with Crippen LogP contribution in [0.2, 0.25) is 0 Å². The van der Waals surface area contributed by atoms with Gasteiger partial charge in [-0.3, -0.25) is 14.5 Å². The van der Waals surface area contributed by atoms with E-state index in [-0.39, 0.29) is 25.0 Å². The van der Waals surface area contributed by atoms with E-state index < -0.39 is 24.4 Å². The third kappa shape index (κ3) is 6.87. The fourth-order valence-electron chi connectivity index (χ4n) is 2.98. The van der Waals surface area contributed by atoms with Crippen molar-refractivity contribution in [2.24, 2.45) is 5.92 Å². The molecule has 1 aromatic rings. The summed E-state index contributed by atoms with van der Waals surface area (Å²) in [6.07, 6.45) is 2.93. The summed E-state index contributed by atoms with van der Waals surface area (Å²) < 4.78 is 15.3. The molecule has 0 spiro atoms. The first-order chi connectivity index (χ1) is 13.3. The first kappa shape index (κ1) is 21.7. The minimum absolute atomic E-state index is 0.106. The monoisotopic (exact) mass is 391 g/mol. The van der Waals surface area contributed by atoms with E-state index in [0.29, 0.717) is 0 Å². The third-order valence-electron chi connectivity index (χ3n) is 4.63. The van der Waals surface area contributed by atoms with Crippen LogP contribution in [-0.4, -0.2) is 41.8 Å². The van der Waals surface area contributed by atoms with Gasteiger partial charge in [0.2, 0.25) is 6.79 Å². The van der Waals surface area contributed by atoms with Gasteiger partial charge in [-0.25, -0.2) is 4.79 Å². The number of rotatable bonds is 7. The molecule has 0 unspecified atom stereocenters. The molecule has 28 heavy (non-hydrogen) atoms. The molecule has 154 valence electrons. The van der Waals surface area contributed by atoms with Crippen LogP contribution >= 0.6 is 0 Å². The highest BCUT2D eigenvalue weighted by molar-refractivity contribution is 5.78. The Hall–Kier alpha value is -2.57. The van der Waals surface area contributed by atoms with E-state index >= 15 is 0 Å². The van der Waals surface area contributed by atoms with Crippen molar-refractivity contribution >= 4 is 18.0 Å². The maximum Gasteiger partial charge on any atom is 0.413 e. The standard InChI is InChI=1S/C21H29NO6/c1-21(2,3)22(13-18(23)26-14-16-9-5-4-6-10-16)20(25)28-15-27-19(24)17-11-7-8-12-17/h4-6,9-10,17H,7-8,11-15H2,1-3H3. The Balaban J connectivity index is 1.81. The Morgan fingerprint density at radius 3 is 2.25 bits per heavy atom. The maximum absolute atomic E-state index is 12.4. The summed E-state index contributed by atoms with van der Waals surface area (Å²) in [6, 6.07) is 9.29. The van der Waals surface area contributed by atoms with Gasteiger partial charge in [0.25, 0.3) is 0 Å². The van der Waals surface area contributed by atoms with Crippen LogP contribution in [0.15, 0.2) is 30.3 Å². The number of carbonyl (C=O) groups excluding carboxylic acids is 3. The van der Waals surface area contributed by atoms with Crippen molar-refractivity contribution < 1.29 is 28.6 Å². The number of carbonyl (C=O) groups is 3. The molecular weight excluding hydrogens is 362 g/mol. The topological polar surface area (TPSA) is 82.1 Å². The van der Waals surface area contributed by atoms with Crippen molar-refractivity contribution in [3.05, 3.63) is 35.9 Å². The minimum Gasteiger partial charge on any atom is -0.459 e. The molecule has 1 fully saturated rings. The zero-order valence-electron chi connectivity index (χ0n) is 16.8. The molecule has 1 aliphatic rings. The van der Waals surface area contributed by atoms with E-state index in [2.05, 4.69) is 0 Å². The summed E-state index contributed by atoms with van der Waals surface area (Å²) in [6.45, 7) is 4.76. The molecule has 1 aromatic carbocycles. The summed E-state index contributed by atoms with van der Waals surface area (Å²) in [4.78, 5) is 37.7. The lowest BCUT2D eigenvalue weighted by Gasteiger charge is -2.33. The second-order valence-electron chi connectivity index (χ2n) is 7.88. The number of ether oxygens (including phenoxy) is 3. The molecule has 0 heterocycles. The fraction of sp³-hybridized carbons (Fsp3) is 0.571. The zero-order valence-corrected chi connectivity index (χ0v) is 16.8. The lowest BCUT2D eigenvalue weighted by Crippen LogP contribution is -2.49. The molecule has 7 heteroatoms. The first-order valence-electron chi connectivity index (χ1n) is 9.58. The Morgan fingerprint density at radius 1 is 1.00 bits per heavy atom. The molecule has 0 N–H and O–H groups in total. The van der Waals surface area contributed by atoms with Gasteiger partial charge < -0.3 is 14.2 Å². The summed E-state index contributed by atoms with van der Waals surface area (Å²) in [5.74, 6) is -0.987. The summed E-state index contributed by atoms with van der Waals surface area (Å²) in [5, 5.41) is 0.